The Morgan fingerprint density at radius 2 is 1.85 bits per heavy atom. The minimum absolute atomic E-state index is 0.208. The van der Waals surface area contributed by atoms with Gasteiger partial charge in [-0.15, -0.1) is 0 Å². The molecule has 0 aromatic heterocycles. The van der Waals surface area contributed by atoms with Crippen LogP contribution in [0.4, 0.5) is 0 Å². The van der Waals surface area contributed by atoms with E-state index in [0.29, 0.717) is 17.9 Å². The summed E-state index contributed by atoms with van der Waals surface area (Å²) in [5, 5.41) is 3.03. The number of carbonyl (C=O) groups excluding carboxylic acids is 1. The molecule has 76 valence electrons. The van der Waals surface area contributed by atoms with Crippen molar-refractivity contribution >= 4 is 5.91 Å². The molecule has 1 aliphatic rings. The van der Waals surface area contributed by atoms with E-state index in [4.69, 9.17) is 0 Å². The van der Waals surface area contributed by atoms with E-state index in [-0.39, 0.29) is 11.8 Å². The third-order valence-electron chi connectivity index (χ3n) is 3.53. The largest absolute Gasteiger partial charge is 0.353 e. The van der Waals surface area contributed by atoms with Gasteiger partial charge in [0.2, 0.25) is 5.91 Å². The first kappa shape index (κ1) is 10.6. The number of hydrogen-bond acceptors (Lipinski definition) is 1. The summed E-state index contributed by atoms with van der Waals surface area (Å²) in [5.74, 6) is 1.69. The van der Waals surface area contributed by atoms with Gasteiger partial charge in [-0.2, -0.15) is 0 Å². The summed E-state index contributed by atoms with van der Waals surface area (Å²) in [6.07, 6.45) is 2.37. The molecule has 1 aliphatic heterocycles. The molecule has 1 heterocycles. The summed E-state index contributed by atoms with van der Waals surface area (Å²) in [6.45, 7) is 8.62. The smallest absolute Gasteiger partial charge is 0.223 e. The molecule has 1 fully saturated rings. The maximum Gasteiger partial charge on any atom is 0.223 e. The van der Waals surface area contributed by atoms with E-state index in [0.717, 1.165) is 0 Å². The van der Waals surface area contributed by atoms with Crippen molar-refractivity contribution < 1.29 is 4.79 Å². The van der Waals surface area contributed by atoms with Crippen molar-refractivity contribution in [2.45, 2.75) is 46.6 Å². The average Bonchev–Trinajstić information content (AvgIpc) is 2.34. The van der Waals surface area contributed by atoms with Gasteiger partial charge in [-0.1, -0.05) is 33.6 Å². The van der Waals surface area contributed by atoms with Crippen molar-refractivity contribution in [2.75, 3.05) is 0 Å². The summed E-state index contributed by atoms with van der Waals surface area (Å²) >= 11 is 0. The van der Waals surface area contributed by atoms with Crippen LogP contribution in [-0.2, 0) is 4.79 Å². The molecule has 0 aromatic rings. The van der Waals surface area contributed by atoms with Gasteiger partial charge < -0.3 is 5.32 Å². The molecule has 0 bridgehead atoms. The van der Waals surface area contributed by atoms with E-state index >= 15 is 0 Å². The molecule has 1 N–H and O–H groups in total. The molecule has 1 rings (SSSR count). The maximum atomic E-state index is 11.4. The molecule has 1 amide bonds. The van der Waals surface area contributed by atoms with E-state index in [9.17, 15) is 4.79 Å². The van der Waals surface area contributed by atoms with Crippen molar-refractivity contribution in [3.05, 3.63) is 0 Å². The predicted molar refractivity (Wildman–Crippen MR) is 54.3 cm³/mol. The third-order valence-corrected chi connectivity index (χ3v) is 3.53. The van der Waals surface area contributed by atoms with Gasteiger partial charge in [0.05, 0.1) is 0 Å². The first-order valence-corrected chi connectivity index (χ1v) is 5.42. The average molecular weight is 183 g/mol. The van der Waals surface area contributed by atoms with Crippen LogP contribution in [0.3, 0.4) is 0 Å². The topological polar surface area (TPSA) is 29.1 Å². The predicted octanol–water partition coefficient (Wildman–Crippen LogP) is 2.19. The van der Waals surface area contributed by atoms with Crippen LogP contribution in [0.15, 0.2) is 0 Å². The van der Waals surface area contributed by atoms with Crippen molar-refractivity contribution in [3.8, 4) is 0 Å². The standard InChI is InChI=1S/C11H21NO/c1-5-9(6-2)10-7(3)11(13)12-8(10)4/h7-10H,5-6H2,1-4H3,(H,12,13). The maximum absolute atomic E-state index is 11.4. The van der Waals surface area contributed by atoms with E-state index in [2.05, 4.69) is 33.0 Å². The van der Waals surface area contributed by atoms with Crippen LogP contribution in [0.1, 0.15) is 40.5 Å². The minimum Gasteiger partial charge on any atom is -0.353 e. The van der Waals surface area contributed by atoms with Gasteiger partial charge in [0, 0.05) is 12.0 Å². The zero-order valence-corrected chi connectivity index (χ0v) is 9.13. The Hall–Kier alpha value is -0.530. The number of amides is 1. The van der Waals surface area contributed by atoms with E-state index in [1.807, 2.05) is 0 Å². The fourth-order valence-electron chi connectivity index (χ4n) is 2.71. The Bertz CT molecular complexity index is 187. The summed E-state index contributed by atoms with van der Waals surface area (Å²) in [4.78, 5) is 11.4. The third kappa shape index (κ3) is 1.87. The highest BCUT2D eigenvalue weighted by Crippen LogP contribution is 2.33. The van der Waals surface area contributed by atoms with Gasteiger partial charge in [-0.3, -0.25) is 4.79 Å². The van der Waals surface area contributed by atoms with Gasteiger partial charge in [-0.25, -0.2) is 0 Å². The molecule has 0 aliphatic carbocycles. The first-order chi connectivity index (χ1) is 6.11. The normalized spacial score (nSPS) is 33.9. The Morgan fingerprint density at radius 3 is 2.15 bits per heavy atom. The van der Waals surface area contributed by atoms with Crippen LogP contribution in [0.5, 0.6) is 0 Å². The summed E-state index contributed by atoms with van der Waals surface area (Å²) < 4.78 is 0. The lowest BCUT2D eigenvalue weighted by atomic mass is 9.78. The Labute approximate surface area is 81.1 Å². The zero-order chi connectivity index (χ0) is 10.0. The molecule has 13 heavy (non-hydrogen) atoms. The van der Waals surface area contributed by atoms with E-state index in [1.165, 1.54) is 12.8 Å². The summed E-state index contributed by atoms with van der Waals surface area (Å²) in [7, 11) is 0. The molecule has 2 heteroatoms. The van der Waals surface area contributed by atoms with Crippen LogP contribution < -0.4 is 5.32 Å². The lowest BCUT2D eigenvalue weighted by molar-refractivity contribution is -0.122. The van der Waals surface area contributed by atoms with E-state index in [1.54, 1.807) is 0 Å². The van der Waals surface area contributed by atoms with Crippen molar-refractivity contribution in [3.63, 3.8) is 0 Å². The van der Waals surface area contributed by atoms with Crippen LogP contribution in [0.25, 0.3) is 0 Å². The molecule has 0 saturated carbocycles. The second kappa shape index (κ2) is 4.12. The molecule has 1 saturated heterocycles. The molecule has 0 spiro atoms. The Kier molecular flexibility index (Phi) is 3.34. The van der Waals surface area contributed by atoms with Gasteiger partial charge in [0.25, 0.3) is 0 Å². The summed E-state index contributed by atoms with van der Waals surface area (Å²) in [6, 6.07) is 0.368. The molecular weight excluding hydrogens is 162 g/mol. The fourth-order valence-corrected chi connectivity index (χ4v) is 2.71. The first-order valence-electron chi connectivity index (χ1n) is 5.42. The van der Waals surface area contributed by atoms with E-state index < -0.39 is 0 Å². The number of carbonyl (C=O) groups is 1. The zero-order valence-electron chi connectivity index (χ0n) is 9.13. The molecule has 3 unspecified atom stereocenters. The lowest BCUT2D eigenvalue weighted by Gasteiger charge is -2.26. The van der Waals surface area contributed by atoms with Crippen LogP contribution in [-0.4, -0.2) is 11.9 Å². The SMILES string of the molecule is CCC(CC)C1C(C)NC(=O)C1C. The molecule has 3 atom stereocenters. The Morgan fingerprint density at radius 1 is 1.31 bits per heavy atom. The quantitative estimate of drug-likeness (QED) is 0.714. The summed E-state index contributed by atoms with van der Waals surface area (Å²) in [5.41, 5.74) is 0. The van der Waals surface area contributed by atoms with Gasteiger partial charge >= 0.3 is 0 Å². The van der Waals surface area contributed by atoms with Gasteiger partial charge in [-0.05, 0) is 18.8 Å². The number of nitrogens with one attached hydrogen (secondary N) is 1. The lowest BCUT2D eigenvalue weighted by Crippen LogP contribution is -2.29. The van der Waals surface area contributed by atoms with Crippen molar-refractivity contribution in [1.82, 2.24) is 5.32 Å². The monoisotopic (exact) mass is 183 g/mol. The van der Waals surface area contributed by atoms with Crippen LogP contribution >= 0.6 is 0 Å². The molecule has 0 radical (unpaired) electrons. The van der Waals surface area contributed by atoms with Gasteiger partial charge in [0.15, 0.2) is 0 Å². The highest BCUT2D eigenvalue weighted by molar-refractivity contribution is 5.81. The second-order valence-corrected chi connectivity index (χ2v) is 4.24. The van der Waals surface area contributed by atoms with Crippen molar-refractivity contribution in [1.29, 1.82) is 0 Å². The highest BCUT2D eigenvalue weighted by Gasteiger charge is 2.39. The molecule has 0 aromatic carbocycles. The fraction of sp³-hybridized carbons (Fsp3) is 0.909. The molecular formula is C11H21NO. The second-order valence-electron chi connectivity index (χ2n) is 4.24. The van der Waals surface area contributed by atoms with Gasteiger partial charge in [0.1, 0.15) is 0 Å². The number of rotatable bonds is 3. The van der Waals surface area contributed by atoms with Crippen LogP contribution in [0, 0.1) is 17.8 Å². The number of hydrogen-bond donors (Lipinski definition) is 1. The molecule has 2 nitrogen and oxygen atoms in total. The van der Waals surface area contributed by atoms with Crippen molar-refractivity contribution in [2.24, 2.45) is 17.8 Å². The minimum atomic E-state index is 0.208. The van der Waals surface area contributed by atoms with Crippen LogP contribution in [0.2, 0.25) is 0 Å². The highest BCUT2D eigenvalue weighted by atomic mass is 16.2. The Balaban J connectivity index is 2.71.